The molecule has 0 spiro atoms. The summed E-state index contributed by atoms with van der Waals surface area (Å²) in [5, 5.41) is 10.1. The fraction of sp³-hybridized carbons (Fsp3) is 0.957. The predicted molar refractivity (Wildman–Crippen MR) is 113 cm³/mol. The minimum atomic E-state index is -0.297. The van der Waals surface area contributed by atoms with Crippen molar-refractivity contribution >= 4 is 5.97 Å². The highest BCUT2D eigenvalue weighted by Gasteiger charge is 2.45. The van der Waals surface area contributed by atoms with E-state index in [2.05, 4.69) is 39.5 Å². The summed E-state index contributed by atoms with van der Waals surface area (Å²) < 4.78 is 5.49. The van der Waals surface area contributed by atoms with Crippen molar-refractivity contribution in [2.75, 3.05) is 13.2 Å². The quantitative estimate of drug-likeness (QED) is 0.339. The molecule has 1 aliphatic heterocycles. The van der Waals surface area contributed by atoms with Crippen LogP contribution in [0.5, 0.6) is 0 Å². The number of hydrogen-bond donors (Lipinski definition) is 1. The highest BCUT2D eigenvalue weighted by Crippen LogP contribution is 2.38. The molecule has 1 heterocycles. The summed E-state index contributed by atoms with van der Waals surface area (Å²) in [6.45, 7) is 11.5. The number of carbonyl (C=O) groups excluding carboxylic acids is 1. The van der Waals surface area contributed by atoms with E-state index in [9.17, 15) is 9.90 Å². The van der Waals surface area contributed by atoms with E-state index in [0.717, 1.165) is 12.8 Å². The first-order valence-electron chi connectivity index (χ1n) is 11.3. The minimum absolute atomic E-state index is 0.136. The summed E-state index contributed by atoms with van der Waals surface area (Å²) in [6, 6.07) is 0. The van der Waals surface area contributed by atoms with E-state index in [1.807, 2.05) is 0 Å². The molecule has 0 saturated carbocycles. The summed E-state index contributed by atoms with van der Waals surface area (Å²) >= 11 is 0. The predicted octanol–water partition coefficient (Wildman–Crippen LogP) is 5.46. The standard InChI is InChI=1S/C23H45NO3/c1-6-7-8-9-10-11-12-13-14-15-16-27-21(26)19-24-22(2,3)17-20(25)18-23(24,4)5/h20,25H,6-19H2,1-5H3. The Kier molecular flexibility index (Phi) is 10.9. The lowest BCUT2D eigenvalue weighted by molar-refractivity contribution is -0.154. The number of unbranched alkanes of at least 4 members (excludes halogenated alkanes) is 9. The van der Waals surface area contributed by atoms with E-state index < -0.39 is 0 Å². The molecule has 27 heavy (non-hydrogen) atoms. The van der Waals surface area contributed by atoms with E-state index in [-0.39, 0.29) is 23.2 Å². The maximum absolute atomic E-state index is 12.3. The molecule has 1 rings (SSSR count). The van der Waals surface area contributed by atoms with Crippen LogP contribution in [0.15, 0.2) is 0 Å². The molecule has 0 amide bonds. The third-order valence-corrected chi connectivity index (χ3v) is 5.98. The molecule has 1 fully saturated rings. The number of rotatable bonds is 13. The lowest BCUT2D eigenvalue weighted by atomic mass is 9.78. The number of ether oxygens (including phenoxy) is 1. The second kappa shape index (κ2) is 12.1. The van der Waals surface area contributed by atoms with Crippen LogP contribution in [0.3, 0.4) is 0 Å². The van der Waals surface area contributed by atoms with Crippen LogP contribution < -0.4 is 0 Å². The molecule has 0 aliphatic carbocycles. The Balaban J connectivity index is 2.13. The van der Waals surface area contributed by atoms with Crippen molar-refractivity contribution < 1.29 is 14.6 Å². The number of esters is 1. The third-order valence-electron chi connectivity index (χ3n) is 5.98. The molecule has 1 N–H and O–H groups in total. The molecule has 4 nitrogen and oxygen atoms in total. The van der Waals surface area contributed by atoms with Crippen LogP contribution in [0, 0.1) is 0 Å². The molecular formula is C23H45NO3. The zero-order valence-electron chi connectivity index (χ0n) is 18.7. The Bertz CT molecular complexity index is 402. The first-order chi connectivity index (χ1) is 12.7. The van der Waals surface area contributed by atoms with Gasteiger partial charge in [-0.25, -0.2) is 0 Å². The molecular weight excluding hydrogens is 338 g/mol. The Morgan fingerprint density at radius 3 is 1.81 bits per heavy atom. The average molecular weight is 384 g/mol. The van der Waals surface area contributed by atoms with Crippen molar-refractivity contribution in [3.8, 4) is 0 Å². The summed E-state index contributed by atoms with van der Waals surface area (Å²) in [4.78, 5) is 14.5. The van der Waals surface area contributed by atoms with Gasteiger partial charge in [0, 0.05) is 11.1 Å². The first kappa shape index (κ1) is 24.4. The smallest absolute Gasteiger partial charge is 0.320 e. The van der Waals surface area contributed by atoms with Gasteiger partial charge in [-0.15, -0.1) is 0 Å². The van der Waals surface area contributed by atoms with E-state index >= 15 is 0 Å². The van der Waals surface area contributed by atoms with Crippen LogP contribution >= 0.6 is 0 Å². The van der Waals surface area contributed by atoms with Crippen molar-refractivity contribution in [1.29, 1.82) is 0 Å². The van der Waals surface area contributed by atoms with Crippen molar-refractivity contribution in [3.05, 3.63) is 0 Å². The van der Waals surface area contributed by atoms with E-state index in [1.54, 1.807) is 0 Å². The van der Waals surface area contributed by atoms with Gasteiger partial charge >= 0.3 is 5.97 Å². The molecule has 0 unspecified atom stereocenters. The van der Waals surface area contributed by atoms with Gasteiger partial charge in [0.1, 0.15) is 0 Å². The first-order valence-corrected chi connectivity index (χ1v) is 11.3. The second-order valence-electron chi connectivity index (χ2n) is 9.68. The summed E-state index contributed by atoms with van der Waals surface area (Å²) in [5.41, 5.74) is -0.394. The molecule has 160 valence electrons. The summed E-state index contributed by atoms with van der Waals surface area (Å²) in [7, 11) is 0. The zero-order valence-corrected chi connectivity index (χ0v) is 18.7. The number of aliphatic hydroxyl groups is 1. The Labute approximate surface area is 168 Å². The highest BCUT2D eigenvalue weighted by molar-refractivity contribution is 5.72. The molecule has 0 atom stereocenters. The summed E-state index contributed by atoms with van der Waals surface area (Å²) in [5.74, 6) is -0.136. The van der Waals surface area contributed by atoms with Gasteiger partial charge in [0.2, 0.25) is 0 Å². The number of carbonyl (C=O) groups is 1. The van der Waals surface area contributed by atoms with Gasteiger partial charge in [-0.2, -0.15) is 0 Å². The number of likely N-dealkylation sites (tertiary alicyclic amines) is 1. The molecule has 0 aromatic rings. The van der Waals surface area contributed by atoms with Crippen molar-refractivity contribution in [1.82, 2.24) is 4.90 Å². The normalized spacial score (nSPS) is 19.9. The lowest BCUT2D eigenvalue weighted by Crippen LogP contribution is -2.63. The minimum Gasteiger partial charge on any atom is -0.465 e. The molecule has 0 bridgehead atoms. The number of hydrogen-bond acceptors (Lipinski definition) is 4. The summed E-state index contributed by atoms with van der Waals surface area (Å²) in [6.07, 6.45) is 13.9. The average Bonchev–Trinajstić information content (AvgIpc) is 2.55. The van der Waals surface area contributed by atoms with Crippen LogP contribution in [0.1, 0.15) is 112 Å². The number of piperidine rings is 1. The van der Waals surface area contributed by atoms with E-state index in [1.165, 1.54) is 51.4 Å². The highest BCUT2D eigenvalue weighted by atomic mass is 16.5. The molecule has 0 aromatic heterocycles. The fourth-order valence-corrected chi connectivity index (χ4v) is 4.64. The van der Waals surface area contributed by atoms with Crippen LogP contribution in [-0.2, 0) is 9.53 Å². The van der Waals surface area contributed by atoms with Gasteiger partial charge in [-0.05, 0) is 47.0 Å². The molecule has 0 radical (unpaired) electrons. The van der Waals surface area contributed by atoms with E-state index in [0.29, 0.717) is 26.0 Å². The maximum Gasteiger partial charge on any atom is 0.320 e. The van der Waals surface area contributed by atoms with Gasteiger partial charge in [0.05, 0.1) is 19.3 Å². The van der Waals surface area contributed by atoms with Gasteiger partial charge in [0.25, 0.3) is 0 Å². The maximum atomic E-state index is 12.3. The zero-order chi connectivity index (χ0) is 20.3. The molecule has 0 aromatic carbocycles. The van der Waals surface area contributed by atoms with Crippen LogP contribution in [-0.4, -0.2) is 46.3 Å². The van der Waals surface area contributed by atoms with Gasteiger partial charge < -0.3 is 9.84 Å². The van der Waals surface area contributed by atoms with Gasteiger partial charge in [-0.3, -0.25) is 9.69 Å². The monoisotopic (exact) mass is 383 g/mol. The molecule has 4 heteroatoms. The number of nitrogens with zero attached hydrogens (tertiary/aromatic N) is 1. The lowest BCUT2D eigenvalue weighted by Gasteiger charge is -2.53. The van der Waals surface area contributed by atoms with Gasteiger partial charge in [0.15, 0.2) is 0 Å². The largest absolute Gasteiger partial charge is 0.465 e. The molecule has 1 aliphatic rings. The van der Waals surface area contributed by atoms with Crippen molar-refractivity contribution in [2.24, 2.45) is 0 Å². The van der Waals surface area contributed by atoms with Crippen LogP contribution in [0.25, 0.3) is 0 Å². The van der Waals surface area contributed by atoms with Crippen LogP contribution in [0.2, 0.25) is 0 Å². The topological polar surface area (TPSA) is 49.8 Å². The second-order valence-corrected chi connectivity index (χ2v) is 9.68. The third kappa shape index (κ3) is 9.43. The Morgan fingerprint density at radius 2 is 1.33 bits per heavy atom. The van der Waals surface area contributed by atoms with Crippen LogP contribution in [0.4, 0.5) is 0 Å². The molecule has 1 saturated heterocycles. The van der Waals surface area contributed by atoms with E-state index in [4.69, 9.17) is 4.74 Å². The van der Waals surface area contributed by atoms with Crippen molar-refractivity contribution in [2.45, 2.75) is 129 Å². The number of aliphatic hydroxyl groups excluding tert-OH is 1. The van der Waals surface area contributed by atoms with Crippen molar-refractivity contribution in [3.63, 3.8) is 0 Å². The Morgan fingerprint density at radius 1 is 0.889 bits per heavy atom. The Hall–Kier alpha value is -0.610. The fourth-order valence-electron chi connectivity index (χ4n) is 4.64. The SMILES string of the molecule is CCCCCCCCCCCCOC(=O)CN1C(C)(C)CC(O)CC1(C)C. The van der Waals surface area contributed by atoms with Gasteiger partial charge in [-0.1, -0.05) is 64.7 Å².